The molecule has 22 heavy (non-hydrogen) atoms. The number of benzene rings is 2. The van der Waals surface area contributed by atoms with Crippen molar-refractivity contribution in [2.24, 2.45) is 0 Å². The average Bonchev–Trinajstić information content (AvgIpc) is 2.90. The molecule has 0 aliphatic carbocycles. The van der Waals surface area contributed by atoms with Crippen LogP contribution >= 0.6 is 27.5 Å². The molecule has 0 radical (unpaired) electrons. The molecule has 0 atom stereocenters. The predicted molar refractivity (Wildman–Crippen MR) is 95.1 cm³/mol. The summed E-state index contributed by atoms with van der Waals surface area (Å²) in [5.74, 6) is -0.195. The Morgan fingerprint density at radius 2 is 2.05 bits per heavy atom. The highest BCUT2D eigenvalue weighted by molar-refractivity contribution is 9.10. The number of carbonyl (C=O) groups is 1. The van der Waals surface area contributed by atoms with Gasteiger partial charge in [0.2, 0.25) is 5.91 Å². The molecule has 0 fully saturated rings. The minimum atomic E-state index is -0.195. The van der Waals surface area contributed by atoms with E-state index in [9.17, 15) is 4.79 Å². The number of rotatable bonds is 3. The normalized spacial score (nSPS) is 11.2. The highest BCUT2D eigenvalue weighted by atomic mass is 79.9. The Kier molecular flexibility index (Phi) is 4.32. The van der Waals surface area contributed by atoms with Gasteiger partial charge in [-0.05, 0) is 36.4 Å². The molecule has 3 rings (SSSR count). The van der Waals surface area contributed by atoms with Crippen molar-refractivity contribution >= 4 is 56.1 Å². The third-order valence-corrected chi connectivity index (χ3v) is 4.00. The van der Waals surface area contributed by atoms with E-state index in [0.717, 1.165) is 26.6 Å². The number of nitrogens with one attached hydrogen (secondary N) is 2. The molecule has 1 amide bonds. The number of carbonyl (C=O) groups excluding carboxylic acids is 1. The molecule has 0 aliphatic heterocycles. The van der Waals surface area contributed by atoms with Crippen molar-refractivity contribution in [3.63, 3.8) is 0 Å². The van der Waals surface area contributed by atoms with E-state index >= 15 is 0 Å². The van der Waals surface area contributed by atoms with Crippen molar-refractivity contribution in [2.75, 3.05) is 5.32 Å². The van der Waals surface area contributed by atoms with E-state index < -0.39 is 0 Å². The van der Waals surface area contributed by atoms with Crippen molar-refractivity contribution in [3.05, 3.63) is 69.8 Å². The molecular weight excluding hydrogens is 364 g/mol. The average molecular weight is 376 g/mol. The third kappa shape index (κ3) is 3.24. The summed E-state index contributed by atoms with van der Waals surface area (Å²) in [7, 11) is 0. The van der Waals surface area contributed by atoms with E-state index in [4.69, 9.17) is 11.6 Å². The number of anilines is 1. The van der Waals surface area contributed by atoms with Crippen molar-refractivity contribution in [3.8, 4) is 0 Å². The van der Waals surface area contributed by atoms with Crippen molar-refractivity contribution in [2.45, 2.75) is 0 Å². The van der Waals surface area contributed by atoms with Gasteiger partial charge in [0.1, 0.15) is 0 Å². The maximum absolute atomic E-state index is 12.0. The molecule has 0 aliphatic rings. The van der Waals surface area contributed by atoms with Crippen LogP contribution in [0.5, 0.6) is 0 Å². The topological polar surface area (TPSA) is 44.9 Å². The summed E-state index contributed by atoms with van der Waals surface area (Å²) < 4.78 is 0.915. The maximum atomic E-state index is 12.0. The first-order valence-corrected chi connectivity index (χ1v) is 7.81. The highest BCUT2D eigenvalue weighted by Gasteiger charge is 2.05. The summed E-state index contributed by atoms with van der Waals surface area (Å²) in [5.41, 5.74) is 2.56. The fourth-order valence-electron chi connectivity index (χ4n) is 2.21. The Balaban J connectivity index is 1.79. The smallest absolute Gasteiger partial charge is 0.248 e. The molecule has 0 unspecified atom stereocenters. The van der Waals surface area contributed by atoms with Gasteiger partial charge >= 0.3 is 0 Å². The molecule has 5 heteroatoms. The Hall–Kier alpha value is -2.04. The van der Waals surface area contributed by atoms with Gasteiger partial charge in [0.05, 0.1) is 5.02 Å². The van der Waals surface area contributed by atoms with Crippen LogP contribution in [0.2, 0.25) is 5.02 Å². The van der Waals surface area contributed by atoms with E-state index in [-0.39, 0.29) is 5.91 Å². The number of halogens is 2. The lowest BCUT2D eigenvalue weighted by atomic mass is 10.1. The Bertz CT molecular complexity index is 870. The molecule has 110 valence electrons. The lowest BCUT2D eigenvalue weighted by Gasteiger charge is -2.02. The predicted octanol–water partition coefficient (Wildman–Crippen LogP) is 5.24. The van der Waals surface area contributed by atoms with E-state index in [1.54, 1.807) is 6.08 Å². The number of aromatic amines is 1. The largest absolute Gasteiger partial charge is 0.361 e. The van der Waals surface area contributed by atoms with E-state index in [1.807, 2.05) is 48.7 Å². The molecule has 1 heterocycles. The first kappa shape index (κ1) is 14.9. The second-order valence-electron chi connectivity index (χ2n) is 4.74. The Morgan fingerprint density at radius 3 is 2.86 bits per heavy atom. The number of H-pyrrole nitrogens is 1. The first-order valence-electron chi connectivity index (χ1n) is 6.64. The minimum Gasteiger partial charge on any atom is -0.361 e. The lowest BCUT2D eigenvalue weighted by Crippen LogP contribution is -2.07. The monoisotopic (exact) mass is 374 g/mol. The van der Waals surface area contributed by atoms with Gasteiger partial charge in [-0.15, -0.1) is 0 Å². The summed E-state index contributed by atoms with van der Waals surface area (Å²) in [5, 5.41) is 4.38. The molecule has 3 aromatic rings. The van der Waals surface area contributed by atoms with E-state index in [2.05, 4.69) is 26.2 Å². The number of fused-ring (bicyclic) bond motifs is 1. The van der Waals surface area contributed by atoms with Crippen LogP contribution in [0, 0.1) is 0 Å². The summed E-state index contributed by atoms with van der Waals surface area (Å²) >= 11 is 9.58. The maximum Gasteiger partial charge on any atom is 0.248 e. The van der Waals surface area contributed by atoms with Crippen LogP contribution in [-0.2, 0) is 4.79 Å². The number of hydrogen-bond acceptors (Lipinski definition) is 1. The summed E-state index contributed by atoms with van der Waals surface area (Å²) in [6.07, 6.45) is 5.07. The molecule has 1 aromatic heterocycles. The molecule has 0 saturated carbocycles. The summed E-state index contributed by atoms with van der Waals surface area (Å²) in [6.45, 7) is 0. The van der Waals surface area contributed by atoms with Gasteiger partial charge < -0.3 is 10.3 Å². The van der Waals surface area contributed by atoms with Gasteiger partial charge in [-0.1, -0.05) is 39.7 Å². The Morgan fingerprint density at radius 1 is 1.23 bits per heavy atom. The number of amides is 1. The third-order valence-electron chi connectivity index (χ3n) is 3.19. The molecule has 3 nitrogen and oxygen atoms in total. The van der Waals surface area contributed by atoms with Crippen molar-refractivity contribution < 1.29 is 4.79 Å². The van der Waals surface area contributed by atoms with Crippen LogP contribution in [0.25, 0.3) is 17.0 Å². The van der Waals surface area contributed by atoms with Gasteiger partial charge in [0.25, 0.3) is 0 Å². The Labute approximate surface area is 141 Å². The van der Waals surface area contributed by atoms with Gasteiger partial charge in [-0.2, -0.15) is 0 Å². The number of hydrogen-bond donors (Lipinski definition) is 2. The van der Waals surface area contributed by atoms with Gasteiger partial charge in [0.15, 0.2) is 0 Å². The fraction of sp³-hybridized carbons (Fsp3) is 0. The fourth-order valence-corrected chi connectivity index (χ4v) is 2.90. The zero-order chi connectivity index (χ0) is 15.5. The van der Waals surface area contributed by atoms with Crippen LogP contribution in [0.4, 0.5) is 5.69 Å². The van der Waals surface area contributed by atoms with Gasteiger partial charge in [-0.3, -0.25) is 4.79 Å². The molecular formula is C17H12BrClN2O. The zero-order valence-corrected chi connectivity index (χ0v) is 13.8. The molecule has 0 saturated heterocycles. The second-order valence-corrected chi connectivity index (χ2v) is 6.06. The van der Waals surface area contributed by atoms with Crippen LogP contribution in [-0.4, -0.2) is 10.9 Å². The van der Waals surface area contributed by atoms with E-state index in [0.29, 0.717) is 5.02 Å². The SMILES string of the molecule is O=C(/C=C/c1c[nH]c2cccc(Cl)c12)Nc1cccc(Br)c1. The van der Waals surface area contributed by atoms with Gasteiger partial charge in [-0.25, -0.2) is 0 Å². The van der Waals surface area contributed by atoms with Gasteiger partial charge in [0, 0.05) is 38.9 Å². The zero-order valence-electron chi connectivity index (χ0n) is 11.4. The second kappa shape index (κ2) is 6.38. The van der Waals surface area contributed by atoms with E-state index in [1.165, 1.54) is 6.08 Å². The molecule has 2 aromatic carbocycles. The number of aromatic nitrogens is 1. The van der Waals surface area contributed by atoms with Crippen LogP contribution < -0.4 is 5.32 Å². The quantitative estimate of drug-likeness (QED) is 0.604. The first-order chi connectivity index (χ1) is 10.6. The van der Waals surface area contributed by atoms with Crippen molar-refractivity contribution in [1.82, 2.24) is 4.98 Å². The standard InChI is InChI=1S/C17H12BrClN2O/c18-12-3-1-4-13(9-12)21-16(22)8-7-11-10-20-15-6-2-5-14(19)17(11)15/h1-10,20H,(H,21,22)/b8-7+. The summed E-state index contributed by atoms with van der Waals surface area (Å²) in [4.78, 5) is 15.1. The molecule has 0 bridgehead atoms. The highest BCUT2D eigenvalue weighted by Crippen LogP contribution is 2.27. The minimum absolute atomic E-state index is 0.195. The van der Waals surface area contributed by atoms with Crippen LogP contribution in [0.3, 0.4) is 0 Å². The van der Waals surface area contributed by atoms with Crippen LogP contribution in [0.1, 0.15) is 5.56 Å². The lowest BCUT2D eigenvalue weighted by molar-refractivity contribution is -0.111. The molecule has 2 N–H and O–H groups in total. The van der Waals surface area contributed by atoms with Crippen LogP contribution in [0.15, 0.2) is 59.2 Å². The summed E-state index contributed by atoms with van der Waals surface area (Å²) in [6, 6.07) is 13.1. The van der Waals surface area contributed by atoms with Crippen molar-refractivity contribution in [1.29, 1.82) is 0 Å². The molecule has 0 spiro atoms.